The number of hydrogen-bond acceptors (Lipinski definition) is 3. The van der Waals surface area contributed by atoms with Crippen LogP contribution in [0.4, 0.5) is 0 Å². The fraction of sp³-hybridized carbons (Fsp3) is 0.667. The van der Waals surface area contributed by atoms with Gasteiger partial charge in [-0.3, -0.25) is 0 Å². The summed E-state index contributed by atoms with van der Waals surface area (Å²) in [4.78, 5) is 12.1. The van der Waals surface area contributed by atoms with E-state index in [0.29, 0.717) is 22.3 Å². The average Bonchev–Trinajstić information content (AvgIpc) is 2.69. The minimum absolute atomic E-state index is 0. The van der Waals surface area contributed by atoms with Gasteiger partial charge in [0.25, 0.3) is 0 Å². The van der Waals surface area contributed by atoms with E-state index in [1.165, 1.54) is 7.11 Å². The van der Waals surface area contributed by atoms with Crippen molar-refractivity contribution in [1.82, 2.24) is 4.57 Å². The maximum Gasteiger partial charge on any atom is 0.361 e. The number of carbonyl (C=O) groups excluding carboxylic acids is 1. The molecule has 0 aromatic heterocycles. The molecule has 0 aromatic carbocycles. The summed E-state index contributed by atoms with van der Waals surface area (Å²) < 4.78 is 7.95. The summed E-state index contributed by atoms with van der Waals surface area (Å²) in [6, 6.07) is 0. The predicted molar refractivity (Wildman–Crippen MR) is 88.7 cm³/mol. The van der Waals surface area contributed by atoms with Crippen LogP contribution in [0.3, 0.4) is 0 Å². The van der Waals surface area contributed by atoms with Crippen LogP contribution in [0.25, 0.3) is 0 Å². The molecule has 22 heavy (non-hydrogen) atoms. The maximum absolute atomic E-state index is 12.1. The molecule has 1 rings (SSSR count). The molecular formula is C15H25BrClNO2SiZn-. The van der Waals surface area contributed by atoms with E-state index >= 15 is 0 Å². The van der Waals surface area contributed by atoms with E-state index in [1.807, 2.05) is 6.54 Å². The number of methoxy groups -OCH3 is 1. The zero-order chi connectivity index (χ0) is 15.7. The molecule has 0 aromatic rings. The second-order valence-corrected chi connectivity index (χ2v) is 12.7. The molecular weight excluding hydrogens is 435 g/mol. The second-order valence-electron chi connectivity index (χ2n) is 6.16. The molecule has 0 unspecified atom stereocenters. The quantitative estimate of drug-likeness (QED) is 0.355. The third-order valence-corrected chi connectivity index (χ3v) is 11.4. The molecule has 3 nitrogen and oxygen atoms in total. The Hall–Kier alpha value is 0.400. The number of halogens is 2. The minimum atomic E-state index is -1.95. The summed E-state index contributed by atoms with van der Waals surface area (Å²) in [6.45, 7) is 15.6. The standard InChI is InChI=1S/C15H25BrNO2Si.ClH.Zn/c1-10(2)20(11(3)4,12(5)6)17-9-13(16)8-14(17)15(18)19-7;;/h9-12H,1-7H3;1H;/p-1. The van der Waals surface area contributed by atoms with Crippen LogP contribution < -0.4 is 12.4 Å². The third kappa shape index (κ3) is 4.27. The molecule has 1 aliphatic heterocycles. The molecule has 7 heteroatoms. The SMILES string of the molecule is COC(=O)C1=C=C(Br)[CH]N1[Si](C(C)C)(C(C)C)C(C)C.[Cl-].[Zn]. The Labute approximate surface area is 163 Å². The topological polar surface area (TPSA) is 29.5 Å². The smallest absolute Gasteiger partial charge is 0.361 e. The summed E-state index contributed by atoms with van der Waals surface area (Å²) in [5.74, 6) is -0.311. The van der Waals surface area contributed by atoms with Gasteiger partial charge in [0.05, 0.1) is 18.1 Å². The van der Waals surface area contributed by atoms with Crippen LogP contribution in [0.15, 0.2) is 15.9 Å². The zero-order valence-electron chi connectivity index (χ0n) is 14.5. The summed E-state index contributed by atoms with van der Waals surface area (Å²) in [6.07, 6.45) is 0. The van der Waals surface area contributed by atoms with Crippen molar-refractivity contribution >= 4 is 30.1 Å². The molecule has 0 N–H and O–H groups in total. The van der Waals surface area contributed by atoms with Gasteiger partial charge in [-0.15, -0.1) is 0 Å². The molecule has 0 saturated heterocycles. The molecule has 0 atom stereocenters. The van der Waals surface area contributed by atoms with E-state index in [-0.39, 0.29) is 37.9 Å². The fourth-order valence-corrected chi connectivity index (χ4v) is 10.9. The van der Waals surface area contributed by atoms with Gasteiger partial charge >= 0.3 is 5.97 Å². The number of esters is 1. The average molecular weight is 460 g/mol. The van der Waals surface area contributed by atoms with Crippen LogP contribution in [-0.2, 0) is 29.0 Å². The van der Waals surface area contributed by atoms with Crippen molar-refractivity contribution in [3.05, 3.63) is 22.5 Å². The normalized spacial score (nSPS) is 14.6. The summed E-state index contributed by atoms with van der Waals surface area (Å²) in [5.41, 5.74) is 5.19. The molecule has 0 spiro atoms. The Bertz CT molecular complexity index is 441. The molecule has 0 saturated carbocycles. The summed E-state index contributed by atoms with van der Waals surface area (Å²) >= 11 is 3.46. The van der Waals surface area contributed by atoms with E-state index in [4.69, 9.17) is 4.74 Å². The van der Waals surface area contributed by atoms with E-state index in [2.05, 4.69) is 67.8 Å². The van der Waals surface area contributed by atoms with Crippen LogP contribution in [-0.4, -0.2) is 25.9 Å². The molecule has 1 aliphatic rings. The van der Waals surface area contributed by atoms with Crippen molar-refractivity contribution in [2.45, 2.75) is 58.2 Å². The molecule has 123 valence electrons. The number of nitrogens with zero attached hydrogens (tertiary/aromatic N) is 1. The van der Waals surface area contributed by atoms with Gasteiger partial charge < -0.3 is 21.7 Å². The van der Waals surface area contributed by atoms with Gasteiger partial charge in [0.1, 0.15) is 0 Å². The van der Waals surface area contributed by atoms with Gasteiger partial charge in [0.15, 0.2) is 13.9 Å². The van der Waals surface area contributed by atoms with Crippen molar-refractivity contribution < 1.29 is 41.4 Å². The zero-order valence-corrected chi connectivity index (χ0v) is 20.8. The monoisotopic (exact) mass is 457 g/mol. The van der Waals surface area contributed by atoms with Crippen LogP contribution in [0.1, 0.15) is 41.5 Å². The minimum Gasteiger partial charge on any atom is -1.00 e. The van der Waals surface area contributed by atoms with Crippen molar-refractivity contribution in [3.8, 4) is 0 Å². The largest absolute Gasteiger partial charge is 1.00 e. The first-order chi connectivity index (χ1) is 9.19. The molecule has 1 radical (unpaired) electrons. The number of carbonyl (C=O) groups is 1. The number of hydrogen-bond donors (Lipinski definition) is 0. The third-order valence-electron chi connectivity index (χ3n) is 4.29. The van der Waals surface area contributed by atoms with Crippen LogP contribution >= 0.6 is 15.9 Å². The van der Waals surface area contributed by atoms with E-state index < -0.39 is 8.24 Å². The van der Waals surface area contributed by atoms with Gasteiger partial charge in [-0.1, -0.05) is 47.3 Å². The van der Waals surface area contributed by atoms with E-state index in [1.54, 1.807) is 0 Å². The Morgan fingerprint density at radius 2 is 1.59 bits per heavy atom. The molecule has 0 fully saturated rings. The Balaban J connectivity index is 0. The summed E-state index contributed by atoms with van der Waals surface area (Å²) in [5, 5.41) is 0. The molecule has 0 aliphatic carbocycles. The predicted octanol–water partition coefficient (Wildman–Crippen LogP) is 1.58. The first kappa shape index (κ1) is 24.7. The van der Waals surface area contributed by atoms with E-state index in [9.17, 15) is 4.79 Å². The molecule has 1 heterocycles. The van der Waals surface area contributed by atoms with Gasteiger partial charge in [-0.2, -0.15) is 0 Å². The van der Waals surface area contributed by atoms with Gasteiger partial charge in [-0.05, 0) is 32.6 Å². The second kappa shape index (κ2) is 9.64. The first-order valence-electron chi connectivity index (χ1n) is 7.08. The van der Waals surface area contributed by atoms with Gasteiger partial charge in [0.2, 0.25) is 0 Å². The first-order valence-corrected chi connectivity index (χ1v) is 10.1. The van der Waals surface area contributed by atoms with Gasteiger partial charge in [-0.25, -0.2) is 4.79 Å². The molecule has 0 bridgehead atoms. The fourth-order valence-electron chi connectivity index (χ4n) is 3.77. The number of ether oxygens (including phenoxy) is 1. The van der Waals surface area contributed by atoms with Crippen LogP contribution in [0.5, 0.6) is 0 Å². The van der Waals surface area contributed by atoms with Crippen molar-refractivity contribution in [3.63, 3.8) is 0 Å². The number of rotatable bonds is 5. The Morgan fingerprint density at radius 3 is 1.91 bits per heavy atom. The van der Waals surface area contributed by atoms with Crippen LogP contribution in [0, 0.1) is 6.54 Å². The summed E-state index contributed by atoms with van der Waals surface area (Å²) in [7, 11) is -0.530. The van der Waals surface area contributed by atoms with Crippen molar-refractivity contribution in [1.29, 1.82) is 0 Å². The Kier molecular flexibility index (Phi) is 10.8. The maximum atomic E-state index is 12.1. The molecule has 0 amide bonds. The Morgan fingerprint density at radius 1 is 1.18 bits per heavy atom. The van der Waals surface area contributed by atoms with Crippen molar-refractivity contribution in [2.75, 3.05) is 7.11 Å². The van der Waals surface area contributed by atoms with Crippen LogP contribution in [0.2, 0.25) is 16.6 Å². The van der Waals surface area contributed by atoms with Gasteiger partial charge in [0, 0.05) is 19.5 Å². The van der Waals surface area contributed by atoms with Crippen molar-refractivity contribution in [2.24, 2.45) is 0 Å². The van der Waals surface area contributed by atoms with E-state index in [0.717, 1.165) is 4.48 Å².